The lowest BCUT2D eigenvalue weighted by molar-refractivity contribution is 0.291. The Morgan fingerprint density at radius 2 is 2.14 bits per heavy atom. The Labute approximate surface area is 131 Å². The van der Waals surface area contributed by atoms with E-state index in [2.05, 4.69) is 53.8 Å². The lowest BCUT2D eigenvalue weighted by Crippen LogP contribution is -2.35. The van der Waals surface area contributed by atoms with E-state index < -0.39 is 0 Å². The molecule has 1 aliphatic rings. The number of rotatable bonds is 5. The molecule has 0 radical (unpaired) electrons. The Morgan fingerprint density at radius 1 is 1.33 bits per heavy atom. The first kappa shape index (κ1) is 14.7. The molecule has 1 N–H and O–H groups in total. The summed E-state index contributed by atoms with van der Waals surface area (Å²) in [7, 11) is 2.19. The van der Waals surface area contributed by atoms with Gasteiger partial charge in [-0.3, -0.25) is 4.90 Å². The molecule has 0 spiro atoms. The van der Waals surface area contributed by atoms with E-state index in [1.807, 2.05) is 0 Å². The van der Waals surface area contributed by atoms with E-state index in [-0.39, 0.29) is 0 Å². The smallest absolute Gasteiger partial charge is 0.123 e. The maximum Gasteiger partial charge on any atom is 0.123 e. The minimum absolute atomic E-state index is 0.658. The molecule has 0 saturated carbocycles. The van der Waals surface area contributed by atoms with Gasteiger partial charge < -0.3 is 5.32 Å². The molecular weight excluding hydrogens is 278 g/mol. The van der Waals surface area contributed by atoms with Gasteiger partial charge in [0.2, 0.25) is 0 Å². The Bertz CT molecular complexity index is 570. The number of thiazole rings is 1. The molecule has 1 aromatic carbocycles. The monoisotopic (exact) mass is 301 g/mol. The first-order valence-corrected chi connectivity index (χ1v) is 8.52. The largest absolute Gasteiger partial charge is 0.313 e. The first-order chi connectivity index (χ1) is 10.2. The maximum absolute atomic E-state index is 4.78. The van der Waals surface area contributed by atoms with Crippen molar-refractivity contribution < 1.29 is 0 Å². The van der Waals surface area contributed by atoms with Crippen LogP contribution in [0.2, 0.25) is 0 Å². The highest BCUT2D eigenvalue weighted by Gasteiger charge is 2.16. The highest BCUT2D eigenvalue weighted by atomic mass is 32.1. The lowest BCUT2D eigenvalue weighted by atomic mass is 10.2. The second kappa shape index (κ2) is 6.69. The summed E-state index contributed by atoms with van der Waals surface area (Å²) >= 11 is 1.74. The number of likely N-dealkylation sites (N-methyl/N-ethyl adjacent to an activating group) is 1. The van der Waals surface area contributed by atoms with Gasteiger partial charge in [0.25, 0.3) is 0 Å². The summed E-state index contributed by atoms with van der Waals surface area (Å²) in [5.41, 5.74) is 3.69. The second-order valence-corrected chi connectivity index (χ2v) is 6.86. The van der Waals surface area contributed by atoms with Gasteiger partial charge in [0.05, 0.1) is 5.69 Å². The van der Waals surface area contributed by atoms with Crippen LogP contribution in [0.15, 0.2) is 29.6 Å². The quantitative estimate of drug-likeness (QED) is 0.918. The predicted molar refractivity (Wildman–Crippen MR) is 89.6 cm³/mol. The van der Waals surface area contributed by atoms with Crippen LogP contribution >= 0.6 is 11.3 Å². The molecule has 0 aliphatic carbocycles. The van der Waals surface area contributed by atoms with Crippen LogP contribution in [0.3, 0.4) is 0 Å². The molecule has 2 heterocycles. The van der Waals surface area contributed by atoms with Gasteiger partial charge in [0.1, 0.15) is 5.01 Å². The Morgan fingerprint density at radius 3 is 2.86 bits per heavy atom. The highest BCUT2D eigenvalue weighted by molar-refractivity contribution is 7.13. The third kappa shape index (κ3) is 3.90. The zero-order chi connectivity index (χ0) is 14.7. The molecule has 1 unspecified atom stereocenters. The summed E-state index contributed by atoms with van der Waals surface area (Å²) in [5, 5.41) is 6.86. The van der Waals surface area contributed by atoms with Crippen LogP contribution in [0.4, 0.5) is 0 Å². The molecule has 1 aliphatic heterocycles. The van der Waals surface area contributed by atoms with Gasteiger partial charge in [-0.2, -0.15) is 0 Å². The van der Waals surface area contributed by atoms with Crippen molar-refractivity contribution >= 4 is 11.3 Å². The van der Waals surface area contributed by atoms with E-state index in [0.717, 1.165) is 18.1 Å². The van der Waals surface area contributed by atoms with Gasteiger partial charge in [-0.25, -0.2) is 4.98 Å². The number of hydrogen-bond donors (Lipinski definition) is 1. The van der Waals surface area contributed by atoms with Crippen molar-refractivity contribution in [1.82, 2.24) is 15.2 Å². The van der Waals surface area contributed by atoms with Crippen molar-refractivity contribution in [1.29, 1.82) is 0 Å². The number of nitrogens with one attached hydrogen (secondary N) is 1. The molecule has 3 nitrogen and oxygen atoms in total. The molecular formula is C17H23N3S. The van der Waals surface area contributed by atoms with E-state index in [1.165, 1.54) is 36.2 Å². The second-order valence-electron chi connectivity index (χ2n) is 6.00. The van der Waals surface area contributed by atoms with Crippen molar-refractivity contribution in [3.05, 3.63) is 40.9 Å². The molecule has 3 rings (SSSR count). The molecule has 0 amide bonds. The average Bonchev–Trinajstić information content (AvgIpc) is 3.11. The van der Waals surface area contributed by atoms with Crippen LogP contribution in [0.25, 0.3) is 10.6 Å². The van der Waals surface area contributed by atoms with Gasteiger partial charge >= 0.3 is 0 Å². The summed E-state index contributed by atoms with van der Waals surface area (Å²) in [5.74, 6) is 0. The standard InChI is InChI=1S/C17H23N3S/c1-13-5-7-14(8-6-13)17-19-16(12-21-17)11-20(2)10-15-4-3-9-18-15/h5-8,12,15,18H,3-4,9-11H2,1-2H3. The van der Waals surface area contributed by atoms with Crippen molar-refractivity contribution in [2.45, 2.75) is 32.4 Å². The summed E-state index contributed by atoms with van der Waals surface area (Å²) in [6.45, 7) is 5.33. The molecule has 112 valence electrons. The topological polar surface area (TPSA) is 28.2 Å². The van der Waals surface area contributed by atoms with Crippen LogP contribution in [-0.4, -0.2) is 36.1 Å². The Hall–Kier alpha value is -1.23. The number of aryl methyl sites for hydroxylation is 1. The normalized spacial score (nSPS) is 18.5. The molecule has 21 heavy (non-hydrogen) atoms. The van der Waals surface area contributed by atoms with Gasteiger partial charge in [-0.15, -0.1) is 11.3 Å². The SMILES string of the molecule is Cc1ccc(-c2nc(CN(C)CC3CCCN3)cs2)cc1. The molecule has 1 atom stereocenters. The van der Waals surface area contributed by atoms with Crippen LogP contribution in [0.1, 0.15) is 24.1 Å². The van der Waals surface area contributed by atoms with Gasteiger partial charge in [-0.1, -0.05) is 29.8 Å². The zero-order valence-corrected chi connectivity index (χ0v) is 13.6. The molecule has 2 aromatic rings. The van der Waals surface area contributed by atoms with Crippen LogP contribution < -0.4 is 5.32 Å². The van der Waals surface area contributed by atoms with E-state index in [9.17, 15) is 0 Å². The van der Waals surface area contributed by atoms with Gasteiger partial charge in [0.15, 0.2) is 0 Å². The maximum atomic E-state index is 4.78. The van der Waals surface area contributed by atoms with E-state index >= 15 is 0 Å². The molecule has 0 bridgehead atoms. The van der Waals surface area contributed by atoms with Crippen molar-refractivity contribution in [2.24, 2.45) is 0 Å². The Kier molecular flexibility index (Phi) is 4.68. The van der Waals surface area contributed by atoms with E-state index in [0.29, 0.717) is 6.04 Å². The van der Waals surface area contributed by atoms with Gasteiger partial charge in [-0.05, 0) is 33.4 Å². The Balaban J connectivity index is 1.60. The van der Waals surface area contributed by atoms with Crippen molar-refractivity contribution in [3.63, 3.8) is 0 Å². The minimum Gasteiger partial charge on any atom is -0.313 e. The molecule has 1 aromatic heterocycles. The highest BCUT2D eigenvalue weighted by Crippen LogP contribution is 2.24. The summed E-state index contributed by atoms with van der Waals surface area (Å²) in [4.78, 5) is 7.15. The average molecular weight is 301 g/mol. The predicted octanol–water partition coefficient (Wildman–Crippen LogP) is 3.30. The van der Waals surface area contributed by atoms with Crippen LogP contribution in [0.5, 0.6) is 0 Å². The van der Waals surface area contributed by atoms with E-state index in [1.54, 1.807) is 11.3 Å². The number of aromatic nitrogens is 1. The third-order valence-corrected chi connectivity index (χ3v) is 4.92. The number of benzene rings is 1. The zero-order valence-electron chi connectivity index (χ0n) is 12.8. The molecule has 1 fully saturated rings. The van der Waals surface area contributed by atoms with Gasteiger partial charge in [0, 0.05) is 30.1 Å². The van der Waals surface area contributed by atoms with Crippen molar-refractivity contribution in [2.75, 3.05) is 20.1 Å². The van der Waals surface area contributed by atoms with Crippen LogP contribution in [0, 0.1) is 6.92 Å². The summed E-state index contributed by atoms with van der Waals surface area (Å²) in [6, 6.07) is 9.27. The lowest BCUT2D eigenvalue weighted by Gasteiger charge is -2.19. The van der Waals surface area contributed by atoms with E-state index in [4.69, 9.17) is 4.98 Å². The fourth-order valence-corrected chi connectivity index (χ4v) is 3.66. The summed E-state index contributed by atoms with van der Waals surface area (Å²) in [6.07, 6.45) is 2.61. The minimum atomic E-state index is 0.658. The summed E-state index contributed by atoms with van der Waals surface area (Å²) < 4.78 is 0. The third-order valence-electron chi connectivity index (χ3n) is 3.98. The number of nitrogens with zero attached hydrogens (tertiary/aromatic N) is 2. The fourth-order valence-electron chi connectivity index (χ4n) is 2.84. The molecule has 1 saturated heterocycles. The molecule has 4 heteroatoms. The number of hydrogen-bond acceptors (Lipinski definition) is 4. The fraction of sp³-hybridized carbons (Fsp3) is 0.471. The first-order valence-electron chi connectivity index (χ1n) is 7.64. The van der Waals surface area contributed by atoms with Crippen LogP contribution in [-0.2, 0) is 6.54 Å². The van der Waals surface area contributed by atoms with Crippen molar-refractivity contribution in [3.8, 4) is 10.6 Å².